The summed E-state index contributed by atoms with van der Waals surface area (Å²) in [5.41, 5.74) is 1.44. The van der Waals surface area contributed by atoms with Crippen LogP contribution in [0.1, 0.15) is 45.9 Å². The van der Waals surface area contributed by atoms with Crippen molar-refractivity contribution in [3.05, 3.63) is 88.5 Å². The van der Waals surface area contributed by atoms with Crippen LogP contribution in [0.4, 0.5) is 0 Å². The molecule has 11 heteroatoms. The van der Waals surface area contributed by atoms with E-state index in [0.29, 0.717) is 11.1 Å². The Labute approximate surface area is 239 Å². The van der Waals surface area contributed by atoms with Gasteiger partial charge in [-0.25, -0.2) is 0 Å². The van der Waals surface area contributed by atoms with Crippen LogP contribution in [-0.2, 0) is 6.42 Å². The third-order valence-electron chi connectivity index (χ3n) is 7.79. The molecule has 4 aromatic carbocycles. The predicted octanol–water partition coefficient (Wildman–Crippen LogP) is 3.59. The van der Waals surface area contributed by atoms with Crippen molar-refractivity contribution in [2.75, 3.05) is 7.11 Å². The maximum absolute atomic E-state index is 11.8. The highest BCUT2D eigenvalue weighted by molar-refractivity contribution is 5.64. The number of phenolic OH excluding ortho intramolecular Hbond substituents is 6. The van der Waals surface area contributed by atoms with Gasteiger partial charge in [-0.3, -0.25) is 0 Å². The summed E-state index contributed by atoms with van der Waals surface area (Å²) >= 11 is 0. The van der Waals surface area contributed by atoms with E-state index in [9.17, 15) is 40.9 Å². The van der Waals surface area contributed by atoms with Crippen molar-refractivity contribution < 1.29 is 55.1 Å². The van der Waals surface area contributed by atoms with E-state index in [0.717, 1.165) is 6.07 Å². The molecular weight excluding hydrogens is 548 g/mol. The average molecular weight is 577 g/mol. The molecule has 0 saturated carbocycles. The maximum Gasteiger partial charge on any atom is 0.160 e. The Morgan fingerprint density at radius 2 is 1.40 bits per heavy atom. The summed E-state index contributed by atoms with van der Waals surface area (Å²) in [6.07, 6.45) is -4.73. The Bertz CT molecular complexity index is 1680. The van der Waals surface area contributed by atoms with Crippen molar-refractivity contribution in [3.8, 4) is 51.7 Å². The molecule has 4 aromatic rings. The van der Waals surface area contributed by atoms with Crippen molar-refractivity contribution in [2.45, 2.75) is 36.8 Å². The molecular formula is C31H28O11. The van der Waals surface area contributed by atoms with E-state index in [-0.39, 0.29) is 69.1 Å². The van der Waals surface area contributed by atoms with Crippen LogP contribution in [-0.4, -0.2) is 60.2 Å². The number of hydrogen-bond donors (Lipinski definition) is 8. The molecule has 0 saturated heterocycles. The number of benzene rings is 4. The van der Waals surface area contributed by atoms with Gasteiger partial charge in [0.25, 0.3) is 0 Å². The van der Waals surface area contributed by atoms with Crippen LogP contribution in [0, 0.1) is 0 Å². The summed E-state index contributed by atoms with van der Waals surface area (Å²) in [5, 5.41) is 84.9. The molecule has 2 aliphatic rings. The lowest BCUT2D eigenvalue weighted by Gasteiger charge is -2.41. The summed E-state index contributed by atoms with van der Waals surface area (Å²) in [7, 11) is 1.41. The zero-order chi connectivity index (χ0) is 29.9. The van der Waals surface area contributed by atoms with E-state index in [1.807, 2.05) is 0 Å². The Morgan fingerprint density at radius 3 is 2.10 bits per heavy atom. The summed E-state index contributed by atoms with van der Waals surface area (Å²) in [4.78, 5) is 0. The van der Waals surface area contributed by atoms with Gasteiger partial charge in [0.1, 0.15) is 41.0 Å². The molecule has 0 radical (unpaired) electrons. The second kappa shape index (κ2) is 10.1. The smallest absolute Gasteiger partial charge is 0.160 e. The van der Waals surface area contributed by atoms with E-state index in [1.165, 1.54) is 55.6 Å². The van der Waals surface area contributed by atoms with Crippen molar-refractivity contribution in [3.63, 3.8) is 0 Å². The van der Waals surface area contributed by atoms with Crippen molar-refractivity contribution in [1.82, 2.24) is 0 Å². The van der Waals surface area contributed by atoms with Crippen LogP contribution < -0.4 is 14.2 Å². The second-order valence-corrected chi connectivity index (χ2v) is 10.4. The van der Waals surface area contributed by atoms with Crippen LogP contribution >= 0.6 is 0 Å². The molecule has 0 fully saturated rings. The number of ether oxygens (including phenoxy) is 3. The summed E-state index contributed by atoms with van der Waals surface area (Å²) < 4.78 is 17.6. The Morgan fingerprint density at radius 1 is 0.690 bits per heavy atom. The molecule has 2 heterocycles. The first-order chi connectivity index (χ1) is 20.1. The van der Waals surface area contributed by atoms with Gasteiger partial charge in [0.2, 0.25) is 0 Å². The molecule has 42 heavy (non-hydrogen) atoms. The second-order valence-electron chi connectivity index (χ2n) is 10.4. The number of aliphatic hydroxyl groups excluding tert-OH is 2. The topological polar surface area (TPSA) is 190 Å². The number of aliphatic hydroxyl groups is 2. The zero-order valence-corrected chi connectivity index (χ0v) is 22.2. The number of aromatic hydroxyl groups is 6. The van der Waals surface area contributed by atoms with E-state index in [1.54, 1.807) is 6.07 Å². The Hall–Kier alpha value is -5.00. The molecule has 0 bridgehead atoms. The lowest BCUT2D eigenvalue weighted by Crippen LogP contribution is -2.37. The van der Waals surface area contributed by atoms with Gasteiger partial charge in [-0.1, -0.05) is 18.2 Å². The Kier molecular flexibility index (Phi) is 6.55. The van der Waals surface area contributed by atoms with E-state index in [2.05, 4.69) is 0 Å². The number of phenols is 6. The molecule has 218 valence electrons. The van der Waals surface area contributed by atoms with Crippen LogP contribution in [0.15, 0.2) is 60.7 Å². The maximum atomic E-state index is 11.8. The van der Waals surface area contributed by atoms with Gasteiger partial charge in [-0.15, -0.1) is 0 Å². The molecule has 2 unspecified atom stereocenters. The lowest BCUT2D eigenvalue weighted by molar-refractivity contribution is -0.00244. The van der Waals surface area contributed by atoms with Crippen molar-refractivity contribution in [2.24, 2.45) is 0 Å². The summed E-state index contributed by atoms with van der Waals surface area (Å²) in [6, 6.07) is 13.7. The number of rotatable bonds is 4. The molecule has 2 aliphatic heterocycles. The highest BCUT2D eigenvalue weighted by Gasteiger charge is 2.46. The fraction of sp³-hybridized carbons (Fsp3) is 0.226. The number of hydrogen-bond acceptors (Lipinski definition) is 11. The highest BCUT2D eigenvalue weighted by Crippen LogP contribution is 2.56. The minimum atomic E-state index is -1.41. The van der Waals surface area contributed by atoms with E-state index in [4.69, 9.17) is 14.2 Å². The first-order valence-electron chi connectivity index (χ1n) is 13.1. The van der Waals surface area contributed by atoms with Crippen LogP contribution in [0.2, 0.25) is 0 Å². The molecule has 8 N–H and O–H groups in total. The predicted molar refractivity (Wildman–Crippen MR) is 147 cm³/mol. The fourth-order valence-corrected chi connectivity index (χ4v) is 5.77. The van der Waals surface area contributed by atoms with Gasteiger partial charge in [0, 0.05) is 41.2 Å². The molecule has 0 spiro atoms. The van der Waals surface area contributed by atoms with Gasteiger partial charge in [0.05, 0.1) is 13.2 Å². The molecule has 0 aliphatic carbocycles. The van der Waals surface area contributed by atoms with Gasteiger partial charge in [0.15, 0.2) is 29.1 Å². The minimum Gasteiger partial charge on any atom is -0.508 e. The summed E-state index contributed by atoms with van der Waals surface area (Å²) in [6.45, 7) is 0. The quantitative estimate of drug-likeness (QED) is 0.166. The molecule has 11 nitrogen and oxygen atoms in total. The van der Waals surface area contributed by atoms with Gasteiger partial charge >= 0.3 is 0 Å². The van der Waals surface area contributed by atoms with Gasteiger partial charge < -0.3 is 55.1 Å². The number of fused-ring (bicyclic) bond motifs is 3. The standard InChI is InChI=1S/C31H28O11/c1-40-24-7-3-13(9-22(24)37)29-23(38)11-17-20(35)12-25-27(31(17)42-29)26(16-5-4-15(32)10-19(16)34)28(39)30(41-25)14-2-6-18(33)21(36)8-14/h2-10,12,23,26,28-30,32-39H,11H2,1H3/t23-,26-,28-,29?,30?/m1/s1. The molecule has 6 rings (SSSR count). The van der Waals surface area contributed by atoms with Crippen LogP contribution in [0.25, 0.3) is 0 Å². The van der Waals surface area contributed by atoms with Crippen LogP contribution in [0.3, 0.4) is 0 Å². The monoisotopic (exact) mass is 576 g/mol. The van der Waals surface area contributed by atoms with Crippen molar-refractivity contribution in [1.29, 1.82) is 0 Å². The third kappa shape index (κ3) is 4.39. The van der Waals surface area contributed by atoms with Crippen LogP contribution in [0.5, 0.6) is 51.7 Å². The third-order valence-corrected chi connectivity index (χ3v) is 7.79. The molecule has 5 atom stereocenters. The summed E-state index contributed by atoms with van der Waals surface area (Å²) in [5.74, 6) is -2.36. The fourth-order valence-electron chi connectivity index (χ4n) is 5.77. The SMILES string of the molecule is COc1ccc(C2Oc3c(c(O)cc4c3[C@@H](c3ccc(O)cc3O)[C@@H](O)C(c3ccc(O)c(O)c3)O4)C[C@H]2O)cc1O. The normalized spacial score (nSPS) is 22.8. The minimum absolute atomic E-state index is 0.0501. The number of methoxy groups -OCH3 is 1. The van der Waals surface area contributed by atoms with E-state index >= 15 is 0 Å². The zero-order valence-electron chi connectivity index (χ0n) is 22.2. The van der Waals surface area contributed by atoms with E-state index < -0.39 is 36.1 Å². The molecule has 0 aromatic heterocycles. The highest BCUT2D eigenvalue weighted by atomic mass is 16.5. The van der Waals surface area contributed by atoms with Gasteiger partial charge in [-0.05, 0) is 41.5 Å². The first-order valence-corrected chi connectivity index (χ1v) is 13.1. The molecule has 0 amide bonds. The van der Waals surface area contributed by atoms with Crippen molar-refractivity contribution >= 4 is 0 Å². The average Bonchev–Trinajstić information content (AvgIpc) is 2.95. The largest absolute Gasteiger partial charge is 0.508 e. The lowest BCUT2D eigenvalue weighted by atomic mass is 9.77. The first kappa shape index (κ1) is 27.2. The van der Waals surface area contributed by atoms with Gasteiger partial charge in [-0.2, -0.15) is 0 Å². The Balaban J connectivity index is 1.53.